The van der Waals surface area contributed by atoms with Crippen LogP contribution >= 0.6 is 11.3 Å². The fourth-order valence-electron chi connectivity index (χ4n) is 2.54. The molecule has 0 aliphatic heterocycles. The number of thiazole rings is 1. The van der Waals surface area contributed by atoms with E-state index in [0.717, 1.165) is 16.9 Å². The third-order valence-corrected chi connectivity index (χ3v) is 4.90. The van der Waals surface area contributed by atoms with Gasteiger partial charge in [0.05, 0.1) is 10.2 Å². The molecule has 0 unspecified atom stereocenters. The van der Waals surface area contributed by atoms with Crippen molar-refractivity contribution in [1.82, 2.24) is 4.57 Å². The Morgan fingerprint density at radius 1 is 1.12 bits per heavy atom. The number of halogens is 1. The molecule has 0 N–H and O–H groups in total. The largest absolute Gasteiger partial charge is 0.273 e. The summed E-state index contributed by atoms with van der Waals surface area (Å²) in [6.45, 7) is 1.84. The summed E-state index contributed by atoms with van der Waals surface area (Å²) in [6.07, 6.45) is 1.44. The number of nitrogens with zero attached hydrogens (tertiary/aromatic N) is 3. The van der Waals surface area contributed by atoms with Crippen molar-refractivity contribution >= 4 is 23.0 Å². The van der Waals surface area contributed by atoms with E-state index in [2.05, 4.69) is 0 Å². The lowest BCUT2D eigenvalue weighted by molar-refractivity contribution is 0.625. The number of benzene rings is 2. The summed E-state index contributed by atoms with van der Waals surface area (Å²) < 4.78 is 15.8. The highest BCUT2D eigenvalue weighted by atomic mass is 32.1. The van der Waals surface area contributed by atoms with Crippen molar-refractivity contribution in [2.45, 2.75) is 6.92 Å². The van der Waals surface area contributed by atoms with E-state index in [1.807, 2.05) is 31.2 Å². The van der Waals surface area contributed by atoms with Gasteiger partial charge in [-0.05, 0) is 30.7 Å². The molecule has 26 heavy (non-hydrogen) atoms. The highest BCUT2D eigenvalue weighted by Gasteiger charge is 2.13. The van der Waals surface area contributed by atoms with Crippen molar-refractivity contribution in [2.75, 3.05) is 0 Å². The first-order chi connectivity index (χ1) is 12.6. The van der Waals surface area contributed by atoms with Crippen LogP contribution in [0.2, 0.25) is 0 Å². The van der Waals surface area contributed by atoms with E-state index >= 15 is 0 Å². The third kappa shape index (κ3) is 3.06. The Kier molecular flexibility index (Phi) is 4.79. The average molecular weight is 361 g/mol. The number of aryl methyl sites for hydroxylation is 1. The zero-order chi connectivity index (χ0) is 18.7. The van der Waals surface area contributed by atoms with Crippen molar-refractivity contribution in [3.63, 3.8) is 0 Å². The molecule has 0 radical (unpaired) electrons. The number of para-hydroxylation sites is 1. The number of rotatable bonds is 2. The minimum Gasteiger partial charge on any atom is -0.267 e. The van der Waals surface area contributed by atoms with Gasteiger partial charge in [-0.25, -0.2) is 4.39 Å². The second-order valence-electron chi connectivity index (χ2n) is 5.46. The third-order valence-electron chi connectivity index (χ3n) is 3.81. The lowest BCUT2D eigenvalue weighted by Crippen LogP contribution is -2.31. The molecular weight excluding hydrogens is 349 g/mol. The van der Waals surface area contributed by atoms with Crippen LogP contribution in [-0.4, -0.2) is 4.57 Å². The van der Waals surface area contributed by atoms with Gasteiger partial charge in [0.15, 0.2) is 5.57 Å². The quantitative estimate of drug-likeness (QED) is 0.704. The van der Waals surface area contributed by atoms with Crippen molar-refractivity contribution in [3.8, 4) is 17.8 Å². The van der Waals surface area contributed by atoms with Crippen molar-refractivity contribution in [3.05, 3.63) is 85.0 Å². The number of nitriles is 2. The van der Waals surface area contributed by atoms with E-state index < -0.39 is 11.4 Å². The highest BCUT2D eigenvalue weighted by molar-refractivity contribution is 7.07. The van der Waals surface area contributed by atoms with Gasteiger partial charge in [0, 0.05) is 5.56 Å². The fraction of sp³-hybridized carbons (Fsp3) is 0.0500. The lowest BCUT2D eigenvalue weighted by atomic mass is 10.2. The molecule has 2 aromatic carbocycles. The van der Waals surface area contributed by atoms with E-state index in [1.54, 1.807) is 30.3 Å². The maximum Gasteiger partial charge on any atom is 0.273 e. The van der Waals surface area contributed by atoms with Crippen LogP contribution in [0.25, 0.3) is 17.3 Å². The smallest absolute Gasteiger partial charge is 0.267 e. The molecule has 0 aliphatic rings. The van der Waals surface area contributed by atoms with Gasteiger partial charge in [-0.2, -0.15) is 10.5 Å². The Morgan fingerprint density at radius 3 is 2.42 bits per heavy atom. The van der Waals surface area contributed by atoms with E-state index in [9.17, 15) is 19.7 Å². The Labute approximate surface area is 152 Å². The van der Waals surface area contributed by atoms with Gasteiger partial charge in [-0.3, -0.25) is 9.36 Å². The minimum absolute atomic E-state index is 0.163. The Hall–Kier alpha value is -3.48. The maximum atomic E-state index is 13.9. The van der Waals surface area contributed by atoms with Gasteiger partial charge >= 0.3 is 0 Å². The molecule has 1 heterocycles. The number of aromatic nitrogens is 1. The topological polar surface area (TPSA) is 69.6 Å². The summed E-state index contributed by atoms with van der Waals surface area (Å²) in [5.74, 6) is -0.450. The van der Waals surface area contributed by atoms with Crippen molar-refractivity contribution in [2.24, 2.45) is 0 Å². The molecule has 3 aromatic rings. The SMILES string of the molecule is Cc1ccccc1-n1c(=C(C#N)C#N)s/c(=C/c2ccccc2F)c1=O. The molecule has 0 spiro atoms. The van der Waals surface area contributed by atoms with Gasteiger partial charge in [0.1, 0.15) is 22.6 Å². The van der Waals surface area contributed by atoms with Crippen LogP contribution in [0, 0.1) is 35.4 Å². The van der Waals surface area contributed by atoms with Crippen LogP contribution in [0.3, 0.4) is 0 Å². The molecule has 126 valence electrons. The molecule has 0 amide bonds. The van der Waals surface area contributed by atoms with Gasteiger partial charge in [-0.1, -0.05) is 36.4 Å². The summed E-state index contributed by atoms with van der Waals surface area (Å²) in [4.78, 5) is 13.0. The highest BCUT2D eigenvalue weighted by Crippen LogP contribution is 2.10. The standard InChI is InChI=1S/C20H12FN3OS/c1-13-6-2-5-9-17(13)24-19(25)18(26-20(24)15(11-22)12-23)10-14-7-3-4-8-16(14)21/h2-10H,1H3/b18-10+. The molecule has 0 saturated carbocycles. The van der Waals surface area contributed by atoms with Crippen molar-refractivity contribution < 1.29 is 4.39 Å². The predicted molar refractivity (Wildman–Crippen MR) is 98.5 cm³/mol. The van der Waals surface area contributed by atoms with Crippen molar-refractivity contribution in [1.29, 1.82) is 10.5 Å². The van der Waals surface area contributed by atoms with Gasteiger partial charge in [0.25, 0.3) is 5.56 Å². The van der Waals surface area contributed by atoms with E-state index in [-0.39, 0.29) is 20.3 Å². The van der Waals surface area contributed by atoms with Gasteiger partial charge in [0.2, 0.25) is 0 Å². The Morgan fingerprint density at radius 2 is 1.77 bits per heavy atom. The predicted octanol–water partition coefficient (Wildman–Crippen LogP) is 2.37. The summed E-state index contributed by atoms with van der Waals surface area (Å²) in [6, 6.07) is 17.0. The van der Waals surface area contributed by atoms with Crippen LogP contribution in [0.15, 0.2) is 53.3 Å². The van der Waals surface area contributed by atoms with E-state index in [4.69, 9.17) is 0 Å². The molecule has 0 bridgehead atoms. The molecule has 0 aliphatic carbocycles. The first-order valence-corrected chi connectivity index (χ1v) is 8.47. The first kappa shape index (κ1) is 17.3. The molecule has 0 saturated heterocycles. The second kappa shape index (κ2) is 7.18. The molecule has 0 atom stereocenters. The van der Waals surface area contributed by atoms with Gasteiger partial charge < -0.3 is 0 Å². The number of hydrogen-bond acceptors (Lipinski definition) is 4. The van der Waals surface area contributed by atoms with Crippen LogP contribution < -0.4 is 14.8 Å². The summed E-state index contributed by atoms with van der Waals surface area (Å²) in [5, 5.41) is 18.5. The zero-order valence-corrected chi connectivity index (χ0v) is 14.5. The fourth-order valence-corrected chi connectivity index (χ4v) is 3.58. The molecule has 6 heteroatoms. The first-order valence-electron chi connectivity index (χ1n) is 7.65. The lowest BCUT2D eigenvalue weighted by Gasteiger charge is -2.05. The Balaban J connectivity index is 2.46. The summed E-state index contributed by atoms with van der Waals surface area (Å²) >= 11 is 0.997. The normalized spacial score (nSPS) is 11.0. The molecular formula is C20H12FN3OS. The van der Waals surface area contributed by atoms with Crippen LogP contribution in [0.1, 0.15) is 11.1 Å². The van der Waals surface area contributed by atoms with E-state index in [0.29, 0.717) is 5.69 Å². The average Bonchev–Trinajstić information content (AvgIpc) is 2.95. The monoisotopic (exact) mass is 361 g/mol. The van der Waals surface area contributed by atoms with E-state index in [1.165, 1.54) is 16.7 Å². The van der Waals surface area contributed by atoms with Gasteiger partial charge in [-0.15, -0.1) is 11.3 Å². The van der Waals surface area contributed by atoms with Crippen LogP contribution in [-0.2, 0) is 0 Å². The Bertz CT molecular complexity index is 1240. The minimum atomic E-state index is -0.450. The zero-order valence-electron chi connectivity index (χ0n) is 13.7. The molecule has 4 nitrogen and oxygen atoms in total. The molecule has 0 fully saturated rings. The summed E-state index contributed by atoms with van der Waals surface area (Å²) in [5.41, 5.74) is 1.11. The van der Waals surface area contributed by atoms with Crippen LogP contribution in [0.5, 0.6) is 0 Å². The number of hydrogen-bond donors (Lipinski definition) is 0. The molecule has 3 rings (SSSR count). The maximum absolute atomic E-state index is 13.9. The molecule has 1 aromatic heterocycles. The summed E-state index contributed by atoms with van der Waals surface area (Å²) in [7, 11) is 0. The second-order valence-corrected chi connectivity index (χ2v) is 6.49. The van der Waals surface area contributed by atoms with Crippen LogP contribution in [0.4, 0.5) is 4.39 Å².